The van der Waals surface area contributed by atoms with Crippen LogP contribution in [0.1, 0.15) is 5.82 Å². The van der Waals surface area contributed by atoms with Crippen LogP contribution in [0.25, 0.3) is 11.5 Å². The lowest BCUT2D eigenvalue weighted by Gasteiger charge is -2.24. The van der Waals surface area contributed by atoms with E-state index in [-0.39, 0.29) is 19.0 Å². The highest BCUT2D eigenvalue weighted by molar-refractivity contribution is 5.92. The molecule has 2 atom stereocenters. The van der Waals surface area contributed by atoms with E-state index in [1.807, 2.05) is 35.2 Å². The molecule has 1 N–H and O–H groups in total. The van der Waals surface area contributed by atoms with Crippen LogP contribution in [0.15, 0.2) is 47.5 Å². The zero-order chi connectivity index (χ0) is 19.0. The summed E-state index contributed by atoms with van der Waals surface area (Å²) in [5.74, 6) is -0.725. The molecule has 140 valence electrons. The van der Waals surface area contributed by atoms with Crippen molar-refractivity contribution in [3.63, 3.8) is 0 Å². The first-order chi connectivity index (χ1) is 13.0. The van der Waals surface area contributed by atoms with E-state index < -0.39 is 17.3 Å². The van der Waals surface area contributed by atoms with E-state index in [0.717, 1.165) is 5.56 Å². The van der Waals surface area contributed by atoms with Gasteiger partial charge in [0.15, 0.2) is 5.82 Å². The molecule has 0 bridgehead atoms. The number of carboxylic acid groups (broad SMARTS) is 1. The van der Waals surface area contributed by atoms with E-state index in [4.69, 9.17) is 4.52 Å². The highest BCUT2D eigenvalue weighted by Crippen LogP contribution is 2.44. The molecule has 4 rings (SSSR count). The summed E-state index contributed by atoms with van der Waals surface area (Å²) in [6.07, 6.45) is 1.62. The summed E-state index contributed by atoms with van der Waals surface area (Å²) >= 11 is 0. The molecule has 0 saturated carbocycles. The standard InChI is InChI=1S/C19H20N4O4/c1-2-8-23-12-19(18(25)26)11-22(9-14(19)17(23)24)10-15-20-16(27-21-15)13-6-4-3-5-7-13/h2-7,14H,1,8-12H2,(H,25,26)/t14-,19-/m1/s1. The van der Waals surface area contributed by atoms with Crippen molar-refractivity contribution in [3.05, 3.63) is 48.8 Å². The molecule has 27 heavy (non-hydrogen) atoms. The fraction of sp³-hybridized carbons (Fsp3) is 0.368. The predicted molar refractivity (Wildman–Crippen MR) is 95.3 cm³/mol. The number of nitrogens with zero attached hydrogens (tertiary/aromatic N) is 4. The highest BCUT2D eigenvalue weighted by atomic mass is 16.5. The first-order valence-corrected chi connectivity index (χ1v) is 8.77. The molecule has 2 aliphatic rings. The lowest BCUT2D eigenvalue weighted by atomic mass is 9.81. The molecule has 1 aromatic carbocycles. The molecule has 3 heterocycles. The van der Waals surface area contributed by atoms with Gasteiger partial charge in [0.1, 0.15) is 5.41 Å². The third kappa shape index (κ3) is 2.91. The number of carboxylic acids is 1. The normalized spacial score (nSPS) is 25.0. The minimum Gasteiger partial charge on any atom is -0.481 e. The van der Waals surface area contributed by atoms with Crippen molar-refractivity contribution >= 4 is 11.9 Å². The molecule has 2 aromatic rings. The Balaban J connectivity index is 1.50. The van der Waals surface area contributed by atoms with Gasteiger partial charge in [-0.15, -0.1) is 6.58 Å². The maximum atomic E-state index is 12.6. The first-order valence-electron chi connectivity index (χ1n) is 8.77. The van der Waals surface area contributed by atoms with Gasteiger partial charge in [-0.1, -0.05) is 29.4 Å². The van der Waals surface area contributed by atoms with Gasteiger partial charge >= 0.3 is 5.97 Å². The van der Waals surface area contributed by atoms with Gasteiger partial charge in [-0.2, -0.15) is 4.98 Å². The number of likely N-dealkylation sites (tertiary alicyclic amines) is 2. The third-order valence-electron chi connectivity index (χ3n) is 5.33. The molecule has 0 aliphatic carbocycles. The molecule has 2 fully saturated rings. The number of carbonyl (C=O) groups excluding carboxylic acids is 1. The summed E-state index contributed by atoms with van der Waals surface area (Å²) in [5.41, 5.74) is -0.265. The van der Waals surface area contributed by atoms with Crippen molar-refractivity contribution in [2.24, 2.45) is 11.3 Å². The number of fused-ring (bicyclic) bond motifs is 1. The molecule has 2 aliphatic heterocycles. The zero-order valence-corrected chi connectivity index (χ0v) is 14.7. The van der Waals surface area contributed by atoms with Gasteiger partial charge in [0, 0.05) is 31.7 Å². The SMILES string of the molecule is C=CCN1C[C@]2(C(=O)O)CN(Cc3noc(-c4ccccc4)n3)C[C@@H]2C1=O. The van der Waals surface area contributed by atoms with Gasteiger partial charge < -0.3 is 14.5 Å². The number of hydrogen-bond acceptors (Lipinski definition) is 6. The largest absolute Gasteiger partial charge is 0.481 e. The molecule has 0 spiro atoms. The first kappa shape index (κ1) is 17.4. The van der Waals surface area contributed by atoms with Crippen LogP contribution < -0.4 is 0 Å². The number of amides is 1. The van der Waals surface area contributed by atoms with Gasteiger partial charge in [-0.05, 0) is 12.1 Å². The van der Waals surface area contributed by atoms with E-state index in [2.05, 4.69) is 16.7 Å². The molecule has 1 aromatic heterocycles. The van der Waals surface area contributed by atoms with Crippen LogP contribution in [0.2, 0.25) is 0 Å². The van der Waals surface area contributed by atoms with Gasteiger partial charge in [0.25, 0.3) is 5.89 Å². The fourth-order valence-electron chi connectivity index (χ4n) is 4.05. The summed E-state index contributed by atoms with van der Waals surface area (Å²) < 4.78 is 5.31. The fourth-order valence-corrected chi connectivity index (χ4v) is 4.05. The van der Waals surface area contributed by atoms with Crippen LogP contribution >= 0.6 is 0 Å². The van der Waals surface area contributed by atoms with Crippen molar-refractivity contribution in [3.8, 4) is 11.5 Å². The molecule has 8 nitrogen and oxygen atoms in total. The molecular weight excluding hydrogens is 348 g/mol. The van der Waals surface area contributed by atoms with E-state index >= 15 is 0 Å². The molecule has 2 saturated heterocycles. The maximum Gasteiger partial charge on any atom is 0.313 e. The summed E-state index contributed by atoms with van der Waals surface area (Å²) in [4.78, 5) is 32.5. The van der Waals surface area contributed by atoms with Crippen LogP contribution in [0, 0.1) is 11.3 Å². The zero-order valence-electron chi connectivity index (χ0n) is 14.7. The van der Waals surface area contributed by atoms with E-state index in [0.29, 0.717) is 31.3 Å². The summed E-state index contributed by atoms with van der Waals surface area (Å²) in [6.45, 7) is 5.21. The number of aliphatic carboxylic acids is 1. The van der Waals surface area contributed by atoms with Crippen LogP contribution in [0.5, 0.6) is 0 Å². The second-order valence-corrected chi connectivity index (χ2v) is 7.07. The maximum absolute atomic E-state index is 12.6. The van der Waals surface area contributed by atoms with Crippen molar-refractivity contribution < 1.29 is 19.2 Å². The number of carbonyl (C=O) groups is 2. The number of hydrogen-bond donors (Lipinski definition) is 1. The van der Waals surface area contributed by atoms with Crippen LogP contribution in [0.4, 0.5) is 0 Å². The summed E-state index contributed by atoms with van der Waals surface area (Å²) in [5, 5.41) is 13.8. The minimum atomic E-state index is -1.09. The number of benzene rings is 1. The second-order valence-electron chi connectivity index (χ2n) is 7.07. The van der Waals surface area contributed by atoms with E-state index in [9.17, 15) is 14.7 Å². The third-order valence-corrected chi connectivity index (χ3v) is 5.33. The van der Waals surface area contributed by atoms with E-state index in [1.165, 1.54) is 0 Å². The number of rotatable bonds is 6. The predicted octanol–water partition coefficient (Wildman–Crippen LogP) is 1.27. The Morgan fingerprint density at radius 1 is 1.37 bits per heavy atom. The van der Waals surface area contributed by atoms with Crippen molar-refractivity contribution in [1.29, 1.82) is 0 Å². The average molecular weight is 368 g/mol. The Labute approximate surface area is 156 Å². The Morgan fingerprint density at radius 2 is 2.15 bits per heavy atom. The minimum absolute atomic E-state index is 0.127. The topological polar surface area (TPSA) is 99.8 Å². The van der Waals surface area contributed by atoms with Crippen LogP contribution in [-0.4, -0.2) is 63.1 Å². The van der Waals surface area contributed by atoms with Crippen LogP contribution in [-0.2, 0) is 16.1 Å². The highest BCUT2D eigenvalue weighted by Gasteiger charge is 2.61. The Kier molecular flexibility index (Phi) is 4.27. The quantitative estimate of drug-likeness (QED) is 0.767. The number of aromatic nitrogens is 2. The molecule has 8 heteroatoms. The van der Waals surface area contributed by atoms with Crippen molar-refractivity contribution in [2.75, 3.05) is 26.2 Å². The van der Waals surface area contributed by atoms with Gasteiger partial charge in [0.05, 0.1) is 12.5 Å². The lowest BCUT2D eigenvalue weighted by molar-refractivity contribution is -0.149. The molecule has 0 radical (unpaired) electrons. The Hall–Kier alpha value is -3.00. The summed E-state index contributed by atoms with van der Waals surface area (Å²) in [6, 6.07) is 9.44. The Morgan fingerprint density at radius 3 is 2.81 bits per heavy atom. The molecule has 1 amide bonds. The van der Waals surface area contributed by atoms with Crippen molar-refractivity contribution in [1.82, 2.24) is 19.9 Å². The van der Waals surface area contributed by atoms with Crippen LogP contribution in [0.3, 0.4) is 0 Å². The lowest BCUT2D eigenvalue weighted by Crippen LogP contribution is -2.40. The van der Waals surface area contributed by atoms with Crippen molar-refractivity contribution in [2.45, 2.75) is 6.54 Å². The average Bonchev–Trinajstić information content (AvgIpc) is 3.33. The summed E-state index contributed by atoms with van der Waals surface area (Å²) in [7, 11) is 0. The molecule has 0 unspecified atom stereocenters. The Bertz CT molecular complexity index is 881. The van der Waals surface area contributed by atoms with Gasteiger partial charge in [-0.25, -0.2) is 0 Å². The van der Waals surface area contributed by atoms with Gasteiger partial charge in [0.2, 0.25) is 5.91 Å². The van der Waals surface area contributed by atoms with E-state index in [1.54, 1.807) is 11.0 Å². The monoisotopic (exact) mass is 368 g/mol. The second kappa shape index (κ2) is 6.62. The molecular formula is C19H20N4O4. The smallest absolute Gasteiger partial charge is 0.313 e. The van der Waals surface area contributed by atoms with Gasteiger partial charge in [-0.3, -0.25) is 14.5 Å².